The highest BCUT2D eigenvalue weighted by atomic mass is 16.5. The SMILES string of the molecule is COC(=O)C1=C(O)C[C@H](C)[C@@]2(C(=O)OC)CCc3cc(OC)cc(C)c3[C@@H]12. The van der Waals surface area contributed by atoms with Crippen molar-refractivity contribution in [3.05, 3.63) is 40.2 Å². The minimum Gasteiger partial charge on any atom is -0.512 e. The molecule has 0 saturated heterocycles. The quantitative estimate of drug-likeness (QED) is 0.818. The van der Waals surface area contributed by atoms with Crippen molar-refractivity contribution in [2.75, 3.05) is 21.3 Å². The van der Waals surface area contributed by atoms with Gasteiger partial charge in [0.15, 0.2) is 0 Å². The van der Waals surface area contributed by atoms with Gasteiger partial charge < -0.3 is 19.3 Å². The van der Waals surface area contributed by atoms with Gasteiger partial charge in [-0.05, 0) is 54.5 Å². The predicted molar refractivity (Wildman–Crippen MR) is 98.7 cm³/mol. The smallest absolute Gasteiger partial charge is 0.337 e. The van der Waals surface area contributed by atoms with Crippen molar-refractivity contribution in [3.8, 4) is 5.75 Å². The Morgan fingerprint density at radius 1 is 1.19 bits per heavy atom. The summed E-state index contributed by atoms with van der Waals surface area (Å²) >= 11 is 0. The number of aliphatic hydroxyl groups excluding tert-OH is 1. The van der Waals surface area contributed by atoms with Gasteiger partial charge in [-0.25, -0.2) is 4.79 Å². The third-order valence-corrected chi connectivity index (χ3v) is 6.24. The van der Waals surface area contributed by atoms with Crippen molar-refractivity contribution in [3.63, 3.8) is 0 Å². The molecule has 0 heterocycles. The van der Waals surface area contributed by atoms with Crippen LogP contribution < -0.4 is 4.74 Å². The first-order chi connectivity index (χ1) is 12.8. The minimum atomic E-state index is -0.920. The van der Waals surface area contributed by atoms with Crippen LogP contribution in [0.15, 0.2) is 23.5 Å². The van der Waals surface area contributed by atoms with Crippen LogP contribution in [0.4, 0.5) is 0 Å². The van der Waals surface area contributed by atoms with E-state index in [1.165, 1.54) is 14.2 Å². The van der Waals surface area contributed by atoms with Crippen LogP contribution in [0.1, 0.15) is 42.4 Å². The Balaban J connectivity index is 2.35. The van der Waals surface area contributed by atoms with Crippen LogP contribution in [0.25, 0.3) is 0 Å². The molecule has 6 nitrogen and oxygen atoms in total. The highest BCUT2D eigenvalue weighted by molar-refractivity contribution is 5.94. The second-order valence-corrected chi connectivity index (χ2v) is 7.44. The first-order valence-corrected chi connectivity index (χ1v) is 9.07. The van der Waals surface area contributed by atoms with Gasteiger partial charge >= 0.3 is 11.9 Å². The fraction of sp³-hybridized carbons (Fsp3) is 0.524. The van der Waals surface area contributed by atoms with E-state index in [1.54, 1.807) is 7.11 Å². The molecule has 27 heavy (non-hydrogen) atoms. The zero-order valence-corrected chi connectivity index (χ0v) is 16.4. The van der Waals surface area contributed by atoms with Gasteiger partial charge in [0.25, 0.3) is 0 Å². The number of allylic oxidation sites excluding steroid dienone is 1. The van der Waals surface area contributed by atoms with Crippen molar-refractivity contribution in [1.82, 2.24) is 0 Å². The molecule has 3 rings (SSSR count). The summed E-state index contributed by atoms with van der Waals surface area (Å²) in [4.78, 5) is 25.7. The summed E-state index contributed by atoms with van der Waals surface area (Å²) in [5, 5.41) is 10.7. The molecular formula is C21H26O6. The van der Waals surface area contributed by atoms with E-state index in [9.17, 15) is 14.7 Å². The molecule has 0 aliphatic heterocycles. The molecule has 1 aromatic carbocycles. The number of ether oxygens (including phenoxy) is 3. The summed E-state index contributed by atoms with van der Waals surface area (Å²) < 4.78 is 15.5. The van der Waals surface area contributed by atoms with Crippen LogP contribution in [-0.2, 0) is 25.5 Å². The van der Waals surface area contributed by atoms with Crippen LogP contribution in [0.2, 0.25) is 0 Å². The first kappa shape index (κ1) is 19.3. The number of carbonyl (C=O) groups excluding carboxylic acids is 2. The zero-order valence-electron chi connectivity index (χ0n) is 16.4. The standard InChI is InChI=1S/C21H26O6/c1-11-8-14(25-3)10-13-6-7-21(20(24)27-5)12(2)9-15(22)17(19(23)26-4)18(21)16(11)13/h8,10,12,18,22H,6-7,9H2,1-5H3/t12-,18-,21-/m0/s1. The largest absolute Gasteiger partial charge is 0.512 e. The molecule has 2 aliphatic rings. The van der Waals surface area contributed by atoms with Gasteiger partial charge in [-0.15, -0.1) is 0 Å². The molecule has 0 aromatic heterocycles. The lowest BCUT2D eigenvalue weighted by molar-refractivity contribution is -0.160. The van der Waals surface area contributed by atoms with E-state index in [-0.39, 0.29) is 29.6 Å². The van der Waals surface area contributed by atoms with Crippen molar-refractivity contribution in [2.45, 2.75) is 39.0 Å². The van der Waals surface area contributed by atoms with E-state index in [0.29, 0.717) is 12.8 Å². The maximum Gasteiger partial charge on any atom is 0.337 e. The zero-order chi connectivity index (χ0) is 19.9. The highest BCUT2D eigenvalue weighted by Crippen LogP contribution is 2.59. The van der Waals surface area contributed by atoms with Gasteiger partial charge in [-0.2, -0.15) is 0 Å². The van der Waals surface area contributed by atoms with Crippen LogP contribution in [-0.4, -0.2) is 38.4 Å². The number of hydrogen-bond acceptors (Lipinski definition) is 6. The van der Waals surface area contributed by atoms with Gasteiger partial charge in [0.2, 0.25) is 0 Å². The Labute approximate surface area is 159 Å². The van der Waals surface area contributed by atoms with Gasteiger partial charge in [-0.3, -0.25) is 4.79 Å². The summed E-state index contributed by atoms with van der Waals surface area (Å²) in [6, 6.07) is 3.83. The summed E-state index contributed by atoms with van der Waals surface area (Å²) in [7, 11) is 4.26. The van der Waals surface area contributed by atoms with E-state index in [1.807, 2.05) is 26.0 Å². The average molecular weight is 374 g/mol. The van der Waals surface area contributed by atoms with E-state index < -0.39 is 17.3 Å². The second-order valence-electron chi connectivity index (χ2n) is 7.44. The van der Waals surface area contributed by atoms with Crippen molar-refractivity contribution in [1.29, 1.82) is 0 Å². The molecule has 0 spiro atoms. The molecule has 0 saturated carbocycles. The lowest BCUT2D eigenvalue weighted by Crippen LogP contribution is -2.51. The number of benzene rings is 1. The van der Waals surface area contributed by atoms with E-state index >= 15 is 0 Å². The number of carbonyl (C=O) groups is 2. The Hall–Kier alpha value is -2.50. The maximum absolute atomic E-state index is 13.0. The predicted octanol–water partition coefficient (Wildman–Crippen LogP) is 3.22. The van der Waals surface area contributed by atoms with Crippen LogP contribution in [0, 0.1) is 18.3 Å². The van der Waals surface area contributed by atoms with Gasteiger partial charge in [0.05, 0.1) is 32.3 Å². The number of aliphatic hydroxyl groups is 1. The van der Waals surface area contributed by atoms with E-state index in [2.05, 4.69) is 0 Å². The molecule has 146 valence electrons. The number of hydrogen-bond donors (Lipinski definition) is 1. The lowest BCUT2D eigenvalue weighted by Gasteiger charge is -2.50. The molecule has 0 fully saturated rings. The van der Waals surface area contributed by atoms with E-state index in [0.717, 1.165) is 22.4 Å². The Kier molecular flexibility index (Phi) is 4.93. The second kappa shape index (κ2) is 6.91. The fourth-order valence-corrected chi connectivity index (χ4v) is 4.95. The third-order valence-electron chi connectivity index (χ3n) is 6.24. The Morgan fingerprint density at radius 3 is 2.48 bits per heavy atom. The molecule has 1 aromatic rings. The van der Waals surface area contributed by atoms with Crippen LogP contribution in [0.5, 0.6) is 5.75 Å². The van der Waals surface area contributed by atoms with Crippen molar-refractivity contribution in [2.24, 2.45) is 11.3 Å². The molecule has 0 radical (unpaired) electrons. The molecule has 1 N–H and O–H groups in total. The number of esters is 2. The summed E-state index contributed by atoms with van der Waals surface area (Å²) in [6.07, 6.45) is 1.43. The molecule has 3 atom stereocenters. The molecule has 2 aliphatic carbocycles. The number of aryl methyl sites for hydroxylation is 2. The number of methoxy groups -OCH3 is 3. The summed E-state index contributed by atoms with van der Waals surface area (Å²) in [6.45, 7) is 3.86. The van der Waals surface area contributed by atoms with Crippen LogP contribution in [0.3, 0.4) is 0 Å². The summed E-state index contributed by atoms with van der Waals surface area (Å²) in [5.41, 5.74) is 2.04. The van der Waals surface area contributed by atoms with Crippen molar-refractivity contribution >= 4 is 11.9 Å². The van der Waals surface area contributed by atoms with Crippen LogP contribution >= 0.6 is 0 Å². The van der Waals surface area contributed by atoms with Gasteiger partial charge in [-0.1, -0.05) is 6.92 Å². The summed E-state index contributed by atoms with van der Waals surface area (Å²) in [5.74, 6) is -1.04. The highest BCUT2D eigenvalue weighted by Gasteiger charge is 2.59. The maximum atomic E-state index is 13.0. The number of fused-ring (bicyclic) bond motifs is 3. The van der Waals surface area contributed by atoms with E-state index in [4.69, 9.17) is 14.2 Å². The molecular weight excluding hydrogens is 348 g/mol. The monoisotopic (exact) mass is 374 g/mol. The minimum absolute atomic E-state index is 0.0121. The number of rotatable bonds is 3. The normalized spacial score (nSPS) is 26.7. The third kappa shape index (κ3) is 2.69. The molecule has 0 unspecified atom stereocenters. The average Bonchev–Trinajstić information content (AvgIpc) is 2.66. The molecule has 0 amide bonds. The fourth-order valence-electron chi connectivity index (χ4n) is 4.95. The lowest BCUT2D eigenvalue weighted by atomic mass is 9.52. The first-order valence-electron chi connectivity index (χ1n) is 9.07. The Bertz CT molecular complexity index is 824. The molecule has 6 heteroatoms. The molecule has 0 bridgehead atoms. The van der Waals surface area contributed by atoms with Crippen molar-refractivity contribution < 1.29 is 28.9 Å². The van der Waals surface area contributed by atoms with Gasteiger partial charge in [0, 0.05) is 12.3 Å². The Morgan fingerprint density at radius 2 is 1.89 bits per heavy atom. The van der Waals surface area contributed by atoms with Gasteiger partial charge in [0.1, 0.15) is 11.5 Å². The topological polar surface area (TPSA) is 82.1 Å².